The molecule has 2 aromatic rings. The Labute approximate surface area is 118 Å². The molecule has 1 N–H and O–H groups in total. The molecule has 18 heavy (non-hydrogen) atoms. The molecule has 3 heteroatoms. The van der Waals surface area contributed by atoms with E-state index in [4.69, 9.17) is 11.6 Å². The number of benzene rings is 1. The van der Waals surface area contributed by atoms with Crippen molar-refractivity contribution in [1.82, 2.24) is 5.32 Å². The third kappa shape index (κ3) is 3.35. The lowest BCUT2D eigenvalue weighted by molar-refractivity contribution is 0.549. The average molecular weight is 280 g/mol. The van der Waals surface area contributed by atoms with Crippen molar-refractivity contribution in [3.63, 3.8) is 0 Å². The minimum atomic E-state index is 0.375. The number of hydrogen-bond donors (Lipinski definition) is 1. The number of thiophene rings is 1. The van der Waals surface area contributed by atoms with Gasteiger partial charge in [0.2, 0.25) is 0 Å². The van der Waals surface area contributed by atoms with E-state index in [0.29, 0.717) is 6.04 Å². The zero-order valence-corrected chi connectivity index (χ0v) is 12.3. The molecule has 0 saturated heterocycles. The van der Waals surface area contributed by atoms with Crippen molar-refractivity contribution in [3.8, 4) is 0 Å². The van der Waals surface area contributed by atoms with Gasteiger partial charge < -0.3 is 5.32 Å². The van der Waals surface area contributed by atoms with Crippen LogP contribution in [0.2, 0.25) is 5.02 Å². The van der Waals surface area contributed by atoms with Gasteiger partial charge in [-0.3, -0.25) is 0 Å². The molecule has 0 saturated carbocycles. The Morgan fingerprint density at radius 2 is 2.17 bits per heavy atom. The quantitative estimate of drug-likeness (QED) is 0.843. The van der Waals surface area contributed by atoms with E-state index in [1.807, 2.05) is 18.2 Å². The molecular weight excluding hydrogens is 262 g/mol. The summed E-state index contributed by atoms with van der Waals surface area (Å²) in [6.45, 7) is 5.29. The van der Waals surface area contributed by atoms with Crippen molar-refractivity contribution in [3.05, 3.63) is 56.7 Å². The second kappa shape index (κ2) is 6.37. The molecule has 1 nitrogen and oxygen atoms in total. The molecule has 1 unspecified atom stereocenters. The maximum absolute atomic E-state index is 6.04. The Hall–Kier alpha value is -0.830. The van der Waals surface area contributed by atoms with Crippen LogP contribution in [-0.4, -0.2) is 6.54 Å². The van der Waals surface area contributed by atoms with Crippen LogP contribution in [0, 0.1) is 6.92 Å². The van der Waals surface area contributed by atoms with Crippen molar-refractivity contribution in [2.24, 2.45) is 0 Å². The molecule has 0 aliphatic heterocycles. The number of nitrogens with one attached hydrogen (secondary N) is 1. The average Bonchev–Trinajstić information content (AvgIpc) is 2.75. The number of likely N-dealkylation sites (N-methyl/N-ethyl adjacent to an activating group) is 1. The van der Waals surface area contributed by atoms with Gasteiger partial charge in [0, 0.05) is 11.1 Å². The van der Waals surface area contributed by atoms with Crippen LogP contribution in [0.1, 0.15) is 29.7 Å². The summed E-state index contributed by atoms with van der Waals surface area (Å²) in [5.41, 5.74) is 4.05. The SMILES string of the molecule is CCNC(Cc1cccc(Cl)c1)c1cscc1C. The largest absolute Gasteiger partial charge is 0.310 e. The molecule has 1 atom stereocenters. The van der Waals surface area contributed by atoms with E-state index in [1.165, 1.54) is 16.7 Å². The highest BCUT2D eigenvalue weighted by Gasteiger charge is 2.14. The zero-order valence-electron chi connectivity index (χ0n) is 10.7. The van der Waals surface area contributed by atoms with Gasteiger partial charge in [-0.2, -0.15) is 11.3 Å². The maximum atomic E-state index is 6.04. The molecule has 0 aliphatic carbocycles. The topological polar surface area (TPSA) is 12.0 Å². The minimum absolute atomic E-state index is 0.375. The summed E-state index contributed by atoms with van der Waals surface area (Å²) >= 11 is 7.81. The number of hydrogen-bond acceptors (Lipinski definition) is 2. The molecule has 0 bridgehead atoms. The predicted molar refractivity (Wildman–Crippen MR) is 80.6 cm³/mol. The van der Waals surface area contributed by atoms with E-state index in [-0.39, 0.29) is 0 Å². The van der Waals surface area contributed by atoms with Crippen molar-refractivity contribution in [2.45, 2.75) is 26.3 Å². The summed E-state index contributed by atoms with van der Waals surface area (Å²) in [4.78, 5) is 0. The van der Waals surface area contributed by atoms with Gasteiger partial charge in [0.25, 0.3) is 0 Å². The lowest BCUT2D eigenvalue weighted by atomic mass is 9.98. The number of aryl methyl sites for hydroxylation is 1. The van der Waals surface area contributed by atoms with Crippen LogP contribution in [0.15, 0.2) is 35.0 Å². The summed E-state index contributed by atoms with van der Waals surface area (Å²) < 4.78 is 0. The Kier molecular flexibility index (Phi) is 4.81. The Morgan fingerprint density at radius 1 is 1.33 bits per heavy atom. The molecule has 0 radical (unpaired) electrons. The molecule has 2 rings (SSSR count). The van der Waals surface area contributed by atoms with E-state index in [9.17, 15) is 0 Å². The smallest absolute Gasteiger partial charge is 0.0408 e. The van der Waals surface area contributed by atoms with Crippen molar-refractivity contribution < 1.29 is 0 Å². The third-order valence-electron chi connectivity index (χ3n) is 3.05. The summed E-state index contributed by atoms with van der Waals surface area (Å²) in [5, 5.41) is 8.82. The maximum Gasteiger partial charge on any atom is 0.0408 e. The third-order valence-corrected chi connectivity index (χ3v) is 4.16. The summed E-state index contributed by atoms with van der Waals surface area (Å²) in [5.74, 6) is 0. The minimum Gasteiger partial charge on any atom is -0.310 e. The molecule has 1 aromatic heterocycles. The first kappa shape index (κ1) is 13.6. The predicted octanol–water partition coefficient (Wildman–Crippen LogP) is 4.60. The molecule has 0 fully saturated rings. The van der Waals surface area contributed by atoms with Crippen molar-refractivity contribution >= 4 is 22.9 Å². The fourth-order valence-electron chi connectivity index (χ4n) is 2.17. The standard InChI is InChI=1S/C15H18ClNS/c1-3-17-15(14-10-18-9-11(14)2)8-12-5-4-6-13(16)7-12/h4-7,9-10,15,17H,3,8H2,1-2H3. The second-order valence-corrected chi connectivity index (χ2v) is 5.63. The monoisotopic (exact) mass is 279 g/mol. The molecule has 0 aliphatic rings. The Bertz CT molecular complexity index is 507. The highest BCUT2D eigenvalue weighted by molar-refractivity contribution is 7.08. The highest BCUT2D eigenvalue weighted by Crippen LogP contribution is 2.25. The first-order valence-corrected chi connectivity index (χ1v) is 7.53. The van der Waals surface area contributed by atoms with E-state index in [2.05, 4.69) is 36.0 Å². The molecular formula is C15H18ClNS. The summed E-state index contributed by atoms with van der Waals surface area (Å²) in [6, 6.07) is 8.50. The number of rotatable bonds is 5. The van der Waals surface area contributed by atoms with Gasteiger partial charge in [-0.25, -0.2) is 0 Å². The first-order valence-electron chi connectivity index (χ1n) is 6.21. The van der Waals surface area contributed by atoms with Crippen molar-refractivity contribution in [1.29, 1.82) is 0 Å². The van der Waals surface area contributed by atoms with Gasteiger partial charge >= 0.3 is 0 Å². The fourth-order valence-corrected chi connectivity index (χ4v) is 3.28. The summed E-state index contributed by atoms with van der Waals surface area (Å²) in [7, 11) is 0. The van der Waals surface area contributed by atoms with Gasteiger partial charge in [-0.1, -0.05) is 30.7 Å². The van der Waals surface area contributed by atoms with Gasteiger partial charge in [-0.15, -0.1) is 0 Å². The molecule has 96 valence electrons. The van der Waals surface area contributed by atoms with Gasteiger partial charge in [0.15, 0.2) is 0 Å². The van der Waals surface area contributed by atoms with Crippen LogP contribution in [0.3, 0.4) is 0 Å². The molecule has 0 amide bonds. The van der Waals surface area contributed by atoms with Crippen LogP contribution in [0.4, 0.5) is 0 Å². The second-order valence-electron chi connectivity index (χ2n) is 4.45. The van der Waals surface area contributed by atoms with Crippen LogP contribution < -0.4 is 5.32 Å². The highest BCUT2D eigenvalue weighted by atomic mass is 35.5. The zero-order chi connectivity index (χ0) is 13.0. The van der Waals surface area contributed by atoms with Gasteiger partial charge in [0.05, 0.1) is 0 Å². The lowest BCUT2D eigenvalue weighted by Gasteiger charge is -2.18. The Morgan fingerprint density at radius 3 is 2.78 bits per heavy atom. The van der Waals surface area contributed by atoms with Gasteiger partial charge in [-0.05, 0) is 59.5 Å². The number of halogens is 1. The normalized spacial score (nSPS) is 12.6. The van der Waals surface area contributed by atoms with Crippen molar-refractivity contribution in [2.75, 3.05) is 6.54 Å². The van der Waals surface area contributed by atoms with E-state index in [1.54, 1.807) is 11.3 Å². The van der Waals surface area contributed by atoms with Crippen LogP contribution in [0.5, 0.6) is 0 Å². The fraction of sp³-hybridized carbons (Fsp3) is 0.333. The molecule has 1 aromatic carbocycles. The molecule has 0 spiro atoms. The van der Waals surface area contributed by atoms with Crippen LogP contribution in [-0.2, 0) is 6.42 Å². The Balaban J connectivity index is 2.19. The van der Waals surface area contributed by atoms with E-state index in [0.717, 1.165) is 18.0 Å². The molecule has 1 heterocycles. The lowest BCUT2D eigenvalue weighted by Crippen LogP contribution is -2.23. The summed E-state index contributed by atoms with van der Waals surface area (Å²) in [6.07, 6.45) is 0.978. The first-order chi connectivity index (χ1) is 8.70. The van der Waals surface area contributed by atoms with Crippen LogP contribution in [0.25, 0.3) is 0 Å². The van der Waals surface area contributed by atoms with Gasteiger partial charge in [0.1, 0.15) is 0 Å². The van der Waals surface area contributed by atoms with Crippen LogP contribution >= 0.6 is 22.9 Å². The van der Waals surface area contributed by atoms with E-state index >= 15 is 0 Å². The van der Waals surface area contributed by atoms with E-state index < -0.39 is 0 Å².